The van der Waals surface area contributed by atoms with Gasteiger partial charge in [-0.05, 0) is 60.5 Å². The third kappa shape index (κ3) is 3.11. The molecule has 120 valence electrons. The molecule has 1 heterocycles. The Kier molecular flexibility index (Phi) is 4.53. The number of nitriles is 1. The molecule has 0 aliphatic carbocycles. The molecule has 0 amide bonds. The summed E-state index contributed by atoms with van der Waals surface area (Å²) in [6.45, 7) is 2.47. The predicted octanol–water partition coefficient (Wildman–Crippen LogP) is 4.90. The van der Waals surface area contributed by atoms with E-state index in [1.54, 1.807) is 13.4 Å². The molecule has 0 N–H and O–H groups in total. The minimum atomic E-state index is 0.547. The van der Waals surface area contributed by atoms with Gasteiger partial charge in [-0.25, -0.2) is 0 Å². The normalized spacial score (nSPS) is 11.3. The van der Waals surface area contributed by atoms with Gasteiger partial charge >= 0.3 is 0 Å². The van der Waals surface area contributed by atoms with Crippen molar-refractivity contribution in [2.45, 2.75) is 6.92 Å². The van der Waals surface area contributed by atoms with Crippen LogP contribution in [-0.4, -0.2) is 13.7 Å². The average Bonchev–Trinajstić information content (AvgIpc) is 3.08. The molecule has 4 nitrogen and oxygen atoms in total. The highest BCUT2D eigenvalue weighted by molar-refractivity contribution is 5.93. The van der Waals surface area contributed by atoms with Crippen LogP contribution in [0.15, 0.2) is 53.1 Å². The van der Waals surface area contributed by atoms with Crippen LogP contribution >= 0.6 is 0 Å². The Morgan fingerprint density at radius 2 is 2.04 bits per heavy atom. The molecular formula is C20H17NO3. The maximum atomic E-state index is 9.54. The molecule has 0 atom stereocenters. The number of hydrogen-bond donors (Lipinski definition) is 0. The van der Waals surface area contributed by atoms with Gasteiger partial charge in [-0.15, -0.1) is 0 Å². The molecule has 0 fully saturated rings. The van der Waals surface area contributed by atoms with Crippen LogP contribution in [0.5, 0.6) is 11.5 Å². The molecule has 0 bridgehead atoms. The number of nitrogens with zero attached hydrogens (tertiary/aromatic N) is 1. The second-order valence-electron chi connectivity index (χ2n) is 5.19. The smallest absolute Gasteiger partial charge is 0.161 e. The molecule has 0 aliphatic rings. The van der Waals surface area contributed by atoms with Crippen molar-refractivity contribution in [1.29, 1.82) is 5.26 Å². The van der Waals surface area contributed by atoms with E-state index in [4.69, 9.17) is 13.9 Å². The van der Waals surface area contributed by atoms with Gasteiger partial charge in [0.15, 0.2) is 11.5 Å². The van der Waals surface area contributed by atoms with Crippen LogP contribution in [0.4, 0.5) is 0 Å². The van der Waals surface area contributed by atoms with Gasteiger partial charge in [0.25, 0.3) is 0 Å². The molecule has 0 spiro atoms. The summed E-state index contributed by atoms with van der Waals surface area (Å²) in [6.07, 6.45) is 3.48. The van der Waals surface area contributed by atoms with Crippen molar-refractivity contribution in [3.05, 3.63) is 59.9 Å². The molecule has 0 saturated heterocycles. The third-order valence-corrected chi connectivity index (χ3v) is 3.68. The topological polar surface area (TPSA) is 55.4 Å². The van der Waals surface area contributed by atoms with E-state index in [0.717, 1.165) is 22.1 Å². The first kappa shape index (κ1) is 15.7. The summed E-state index contributed by atoms with van der Waals surface area (Å²) in [6, 6.07) is 15.5. The highest BCUT2D eigenvalue weighted by Gasteiger charge is 2.07. The summed E-state index contributed by atoms with van der Waals surface area (Å²) >= 11 is 0. The number of methoxy groups -OCH3 is 1. The van der Waals surface area contributed by atoms with E-state index in [9.17, 15) is 5.26 Å². The van der Waals surface area contributed by atoms with E-state index in [-0.39, 0.29) is 0 Å². The standard InChI is InChI=1S/C20H17NO3/c1-3-23-20-11-14(4-6-19(20)22-2)10-17(13-21)15-5-7-18-16(12-15)8-9-24-18/h4-12H,3H2,1-2H3/b17-10+. The number of furan rings is 1. The van der Waals surface area contributed by atoms with E-state index in [1.165, 1.54) is 0 Å². The minimum absolute atomic E-state index is 0.547. The molecule has 0 unspecified atom stereocenters. The molecular weight excluding hydrogens is 302 g/mol. The van der Waals surface area contributed by atoms with Crippen LogP contribution in [0, 0.1) is 11.3 Å². The fourth-order valence-electron chi connectivity index (χ4n) is 2.53. The van der Waals surface area contributed by atoms with Crippen molar-refractivity contribution >= 4 is 22.6 Å². The molecule has 4 heteroatoms. The number of ether oxygens (including phenoxy) is 2. The Bertz CT molecular complexity index is 931. The van der Waals surface area contributed by atoms with Gasteiger partial charge in [0.2, 0.25) is 0 Å². The van der Waals surface area contributed by atoms with E-state index < -0.39 is 0 Å². The lowest BCUT2D eigenvalue weighted by Gasteiger charge is -2.10. The van der Waals surface area contributed by atoms with Crippen molar-refractivity contribution in [2.75, 3.05) is 13.7 Å². The van der Waals surface area contributed by atoms with Crippen molar-refractivity contribution in [1.82, 2.24) is 0 Å². The summed E-state index contributed by atoms with van der Waals surface area (Å²) < 4.78 is 16.2. The lowest BCUT2D eigenvalue weighted by Crippen LogP contribution is -1.95. The predicted molar refractivity (Wildman–Crippen MR) is 93.9 cm³/mol. The number of hydrogen-bond acceptors (Lipinski definition) is 4. The van der Waals surface area contributed by atoms with E-state index in [1.807, 2.05) is 55.5 Å². The molecule has 1 aromatic heterocycles. The van der Waals surface area contributed by atoms with E-state index in [0.29, 0.717) is 23.7 Å². The minimum Gasteiger partial charge on any atom is -0.493 e. The monoisotopic (exact) mass is 319 g/mol. The largest absolute Gasteiger partial charge is 0.493 e. The summed E-state index contributed by atoms with van der Waals surface area (Å²) in [4.78, 5) is 0. The zero-order chi connectivity index (χ0) is 16.9. The number of allylic oxidation sites excluding steroid dienone is 1. The Labute approximate surface area is 140 Å². The van der Waals surface area contributed by atoms with E-state index in [2.05, 4.69) is 6.07 Å². The first-order valence-corrected chi connectivity index (χ1v) is 7.65. The molecule has 2 aromatic carbocycles. The molecule has 0 saturated carbocycles. The molecule has 3 aromatic rings. The van der Waals surface area contributed by atoms with Crippen molar-refractivity contribution in [3.8, 4) is 17.6 Å². The van der Waals surface area contributed by atoms with Gasteiger partial charge in [-0.2, -0.15) is 5.26 Å². The highest BCUT2D eigenvalue weighted by Crippen LogP contribution is 2.30. The number of rotatable bonds is 5. The molecule has 3 rings (SSSR count). The zero-order valence-electron chi connectivity index (χ0n) is 13.6. The Morgan fingerprint density at radius 3 is 2.79 bits per heavy atom. The Balaban J connectivity index is 2.01. The van der Waals surface area contributed by atoms with Gasteiger partial charge in [0.05, 0.1) is 31.6 Å². The Morgan fingerprint density at radius 1 is 1.17 bits per heavy atom. The average molecular weight is 319 g/mol. The quantitative estimate of drug-likeness (QED) is 0.495. The van der Waals surface area contributed by atoms with Crippen LogP contribution in [0.25, 0.3) is 22.6 Å². The van der Waals surface area contributed by atoms with Gasteiger partial charge in [-0.3, -0.25) is 0 Å². The Hall–Kier alpha value is -3.19. The molecule has 24 heavy (non-hydrogen) atoms. The van der Waals surface area contributed by atoms with E-state index >= 15 is 0 Å². The maximum absolute atomic E-state index is 9.54. The lowest BCUT2D eigenvalue weighted by atomic mass is 10.0. The number of benzene rings is 2. The van der Waals surface area contributed by atoms with Gasteiger partial charge in [-0.1, -0.05) is 6.07 Å². The van der Waals surface area contributed by atoms with Crippen molar-refractivity contribution in [3.63, 3.8) is 0 Å². The van der Waals surface area contributed by atoms with Crippen LogP contribution in [0.1, 0.15) is 18.1 Å². The van der Waals surface area contributed by atoms with Crippen LogP contribution in [-0.2, 0) is 0 Å². The second kappa shape index (κ2) is 6.93. The molecule has 0 radical (unpaired) electrons. The summed E-state index contributed by atoms with van der Waals surface area (Å²) in [5.74, 6) is 1.34. The summed E-state index contributed by atoms with van der Waals surface area (Å²) in [5, 5.41) is 10.5. The maximum Gasteiger partial charge on any atom is 0.161 e. The molecule has 0 aliphatic heterocycles. The zero-order valence-corrected chi connectivity index (χ0v) is 13.6. The van der Waals surface area contributed by atoms with Gasteiger partial charge in [0, 0.05) is 5.39 Å². The first-order valence-electron chi connectivity index (χ1n) is 7.65. The fraction of sp³-hybridized carbons (Fsp3) is 0.150. The summed E-state index contributed by atoms with van der Waals surface area (Å²) in [7, 11) is 1.61. The van der Waals surface area contributed by atoms with Gasteiger partial charge in [0.1, 0.15) is 5.58 Å². The lowest BCUT2D eigenvalue weighted by molar-refractivity contribution is 0.311. The van der Waals surface area contributed by atoms with Gasteiger partial charge < -0.3 is 13.9 Å². The second-order valence-corrected chi connectivity index (χ2v) is 5.19. The third-order valence-electron chi connectivity index (χ3n) is 3.68. The fourth-order valence-corrected chi connectivity index (χ4v) is 2.53. The highest BCUT2D eigenvalue weighted by atomic mass is 16.5. The van der Waals surface area contributed by atoms with Crippen molar-refractivity contribution < 1.29 is 13.9 Å². The first-order chi connectivity index (χ1) is 11.7. The number of fused-ring (bicyclic) bond motifs is 1. The van der Waals surface area contributed by atoms with Crippen LogP contribution < -0.4 is 9.47 Å². The SMILES string of the molecule is CCOc1cc(/C=C(\C#N)c2ccc3occc3c2)ccc1OC. The van der Waals surface area contributed by atoms with Crippen LogP contribution in [0.3, 0.4) is 0 Å². The van der Waals surface area contributed by atoms with Crippen LogP contribution in [0.2, 0.25) is 0 Å². The van der Waals surface area contributed by atoms with Crippen molar-refractivity contribution in [2.24, 2.45) is 0 Å². The summed E-state index contributed by atoms with van der Waals surface area (Å²) in [5.41, 5.74) is 3.10.